The molecule has 3 aromatic rings. The van der Waals surface area contributed by atoms with Gasteiger partial charge in [0.05, 0.1) is 23.4 Å². The molecule has 1 aromatic heterocycles. The lowest BCUT2D eigenvalue weighted by Crippen LogP contribution is -2.39. The Morgan fingerprint density at radius 1 is 1.37 bits per heavy atom. The van der Waals surface area contributed by atoms with Crippen molar-refractivity contribution in [2.24, 2.45) is 0 Å². The van der Waals surface area contributed by atoms with Gasteiger partial charge in [0.1, 0.15) is 16.8 Å². The number of carbonyl (C=O) groups is 1. The molecule has 0 aliphatic carbocycles. The van der Waals surface area contributed by atoms with Crippen molar-refractivity contribution in [3.05, 3.63) is 58.1 Å². The molecule has 0 radical (unpaired) electrons. The highest BCUT2D eigenvalue weighted by Crippen LogP contribution is 2.42. The van der Waals surface area contributed by atoms with E-state index in [-0.39, 0.29) is 6.04 Å². The van der Waals surface area contributed by atoms with Gasteiger partial charge in [0.2, 0.25) is 0 Å². The summed E-state index contributed by atoms with van der Waals surface area (Å²) in [5, 5.41) is 11.2. The molecule has 27 heavy (non-hydrogen) atoms. The Labute approximate surface area is 166 Å². The summed E-state index contributed by atoms with van der Waals surface area (Å²) in [5.74, 6) is -0.126. The lowest BCUT2D eigenvalue weighted by molar-refractivity contribution is -0.142. The van der Waals surface area contributed by atoms with E-state index in [9.17, 15) is 9.90 Å². The molecule has 2 atom stereocenters. The number of thiazole rings is 1. The van der Waals surface area contributed by atoms with Crippen molar-refractivity contribution < 1.29 is 14.6 Å². The molecule has 1 N–H and O–H groups in total. The quantitative estimate of drug-likeness (QED) is 0.675. The fourth-order valence-corrected chi connectivity index (χ4v) is 5.03. The Bertz CT molecular complexity index is 957. The second-order valence-corrected chi connectivity index (χ2v) is 8.04. The maximum atomic E-state index is 11.9. The van der Waals surface area contributed by atoms with E-state index >= 15 is 0 Å². The number of carboxylic acids is 1. The number of carboxylic acid groups (broad SMARTS) is 1. The number of aromatic nitrogens is 1. The summed E-state index contributed by atoms with van der Waals surface area (Å²) in [4.78, 5) is 18.7. The maximum Gasteiger partial charge on any atom is 0.320 e. The fraction of sp³-hybridized carbons (Fsp3) is 0.300. The number of halogens is 1. The molecule has 0 bridgehead atoms. The van der Waals surface area contributed by atoms with Crippen LogP contribution >= 0.6 is 22.9 Å². The third kappa shape index (κ3) is 3.40. The van der Waals surface area contributed by atoms with Crippen LogP contribution in [0.1, 0.15) is 29.5 Å². The van der Waals surface area contributed by atoms with Crippen molar-refractivity contribution in [3.63, 3.8) is 0 Å². The largest absolute Gasteiger partial charge is 0.496 e. The number of ether oxygens (including phenoxy) is 1. The average Bonchev–Trinajstić information content (AvgIpc) is 3.29. The van der Waals surface area contributed by atoms with E-state index in [0.717, 1.165) is 27.2 Å². The van der Waals surface area contributed by atoms with Crippen LogP contribution in [0, 0.1) is 0 Å². The van der Waals surface area contributed by atoms with Gasteiger partial charge in [0.15, 0.2) is 0 Å². The number of para-hydroxylation sites is 1. The van der Waals surface area contributed by atoms with Crippen LogP contribution in [0.2, 0.25) is 5.02 Å². The summed E-state index contributed by atoms with van der Waals surface area (Å²) in [6.07, 6.45) is 1.46. The predicted octanol–water partition coefficient (Wildman–Crippen LogP) is 4.60. The molecule has 1 aliphatic rings. The highest BCUT2D eigenvalue weighted by molar-refractivity contribution is 7.18. The summed E-state index contributed by atoms with van der Waals surface area (Å²) >= 11 is 7.86. The molecular weight excluding hydrogens is 384 g/mol. The Morgan fingerprint density at radius 2 is 2.19 bits per heavy atom. The van der Waals surface area contributed by atoms with Gasteiger partial charge in [-0.25, -0.2) is 4.98 Å². The molecule has 0 saturated carbocycles. The van der Waals surface area contributed by atoms with Crippen molar-refractivity contribution in [3.8, 4) is 5.75 Å². The van der Waals surface area contributed by atoms with Crippen LogP contribution in [-0.4, -0.2) is 40.7 Å². The van der Waals surface area contributed by atoms with Crippen LogP contribution in [0.5, 0.6) is 5.75 Å². The lowest BCUT2D eigenvalue weighted by Gasteiger charge is -2.31. The van der Waals surface area contributed by atoms with Crippen molar-refractivity contribution in [2.45, 2.75) is 24.9 Å². The van der Waals surface area contributed by atoms with Gasteiger partial charge in [-0.15, -0.1) is 11.3 Å². The molecule has 2 aromatic carbocycles. The molecule has 7 heteroatoms. The Hall–Kier alpha value is -2.15. The van der Waals surface area contributed by atoms with Crippen molar-refractivity contribution >= 4 is 39.1 Å². The van der Waals surface area contributed by atoms with Crippen molar-refractivity contribution in [1.29, 1.82) is 0 Å². The zero-order chi connectivity index (χ0) is 19.0. The molecule has 4 rings (SSSR count). The second-order valence-electron chi connectivity index (χ2n) is 6.54. The zero-order valence-corrected chi connectivity index (χ0v) is 16.3. The first-order chi connectivity index (χ1) is 13.1. The molecule has 0 amide bonds. The first-order valence-electron chi connectivity index (χ1n) is 8.76. The van der Waals surface area contributed by atoms with Gasteiger partial charge in [-0.3, -0.25) is 9.69 Å². The topological polar surface area (TPSA) is 62.7 Å². The normalized spacial score (nSPS) is 18.7. The molecule has 1 saturated heterocycles. The Morgan fingerprint density at radius 3 is 2.93 bits per heavy atom. The second kappa shape index (κ2) is 7.46. The smallest absolute Gasteiger partial charge is 0.320 e. The van der Waals surface area contributed by atoms with Crippen molar-refractivity contribution in [1.82, 2.24) is 9.88 Å². The Balaban J connectivity index is 1.90. The van der Waals surface area contributed by atoms with Crippen LogP contribution in [0.25, 0.3) is 10.2 Å². The molecule has 140 valence electrons. The standard InChI is InChI=1S/C20H19ClN2O3S/c1-26-16-9-8-12(21)11-13(16)18(23-10-4-6-15(23)20(24)25)19-22-14-5-2-3-7-17(14)27-19/h2-3,5,7-9,11,15,18H,4,6,10H2,1H3,(H,24,25). The average molecular weight is 403 g/mol. The number of methoxy groups -OCH3 is 1. The van der Waals surface area contributed by atoms with Crippen molar-refractivity contribution in [2.75, 3.05) is 13.7 Å². The lowest BCUT2D eigenvalue weighted by atomic mass is 10.0. The van der Waals surface area contributed by atoms with Crippen LogP contribution < -0.4 is 4.74 Å². The van der Waals surface area contributed by atoms with Crippen LogP contribution in [0.15, 0.2) is 42.5 Å². The molecule has 2 unspecified atom stereocenters. The van der Waals surface area contributed by atoms with E-state index in [1.54, 1.807) is 24.5 Å². The SMILES string of the molecule is COc1ccc(Cl)cc1C(c1nc2ccccc2s1)N1CCCC1C(=O)O. The third-order valence-electron chi connectivity index (χ3n) is 4.94. The van der Waals surface area contributed by atoms with Gasteiger partial charge in [-0.2, -0.15) is 0 Å². The van der Waals surface area contributed by atoms with Gasteiger partial charge >= 0.3 is 5.97 Å². The number of nitrogens with zero attached hydrogens (tertiary/aromatic N) is 2. The molecule has 5 nitrogen and oxygen atoms in total. The predicted molar refractivity (Wildman–Crippen MR) is 107 cm³/mol. The van der Waals surface area contributed by atoms with Crippen LogP contribution in [-0.2, 0) is 4.79 Å². The summed E-state index contributed by atoms with van der Waals surface area (Å²) in [6.45, 7) is 0.688. The minimum Gasteiger partial charge on any atom is -0.496 e. The number of fused-ring (bicyclic) bond motifs is 1. The number of hydrogen-bond acceptors (Lipinski definition) is 5. The molecule has 2 heterocycles. The monoisotopic (exact) mass is 402 g/mol. The van der Waals surface area contributed by atoms with Gasteiger partial charge in [0, 0.05) is 17.1 Å². The van der Waals surface area contributed by atoms with E-state index in [0.29, 0.717) is 23.7 Å². The van der Waals surface area contributed by atoms with E-state index in [4.69, 9.17) is 21.3 Å². The minimum absolute atomic E-state index is 0.320. The Kier molecular flexibility index (Phi) is 5.04. The highest BCUT2D eigenvalue weighted by atomic mass is 35.5. The van der Waals surface area contributed by atoms with E-state index in [2.05, 4.69) is 0 Å². The van der Waals surface area contributed by atoms with E-state index in [1.807, 2.05) is 41.3 Å². The van der Waals surface area contributed by atoms with Gasteiger partial charge in [0.25, 0.3) is 0 Å². The minimum atomic E-state index is -0.806. The van der Waals surface area contributed by atoms with Gasteiger partial charge in [-0.05, 0) is 43.2 Å². The number of aliphatic carboxylic acids is 1. The maximum absolute atomic E-state index is 11.9. The number of rotatable bonds is 5. The highest BCUT2D eigenvalue weighted by Gasteiger charge is 2.39. The first-order valence-corrected chi connectivity index (χ1v) is 9.95. The first kappa shape index (κ1) is 18.2. The van der Waals surface area contributed by atoms with Gasteiger partial charge in [-0.1, -0.05) is 23.7 Å². The fourth-order valence-electron chi connectivity index (χ4n) is 3.74. The summed E-state index contributed by atoms with van der Waals surface area (Å²) < 4.78 is 6.65. The molecule has 0 spiro atoms. The van der Waals surface area contributed by atoms with E-state index in [1.165, 1.54) is 0 Å². The number of benzene rings is 2. The van der Waals surface area contributed by atoms with E-state index < -0.39 is 12.0 Å². The van der Waals surface area contributed by atoms with Crippen LogP contribution in [0.3, 0.4) is 0 Å². The van der Waals surface area contributed by atoms with Gasteiger partial charge < -0.3 is 9.84 Å². The third-order valence-corrected chi connectivity index (χ3v) is 6.27. The molecule has 1 aliphatic heterocycles. The summed E-state index contributed by atoms with van der Waals surface area (Å²) in [7, 11) is 1.61. The number of likely N-dealkylation sites (tertiary alicyclic amines) is 1. The zero-order valence-electron chi connectivity index (χ0n) is 14.8. The summed E-state index contributed by atoms with van der Waals surface area (Å²) in [5.41, 5.74) is 1.76. The molecule has 1 fully saturated rings. The summed E-state index contributed by atoms with van der Waals surface area (Å²) in [6, 6.07) is 12.5. The number of hydrogen-bond donors (Lipinski definition) is 1. The van der Waals surface area contributed by atoms with Crippen LogP contribution in [0.4, 0.5) is 0 Å². The molecular formula is C20H19ClN2O3S.